The fourth-order valence-electron chi connectivity index (χ4n) is 1.75. The molecular weight excluding hydrogens is 272 g/mol. The molecule has 0 spiro atoms. The molecule has 0 atom stereocenters. The molecule has 2 aromatic carbocycles. The predicted molar refractivity (Wildman–Crippen MR) is 84.8 cm³/mol. The minimum absolute atomic E-state index is 0.120. The van der Waals surface area contributed by atoms with Crippen LogP contribution in [0.5, 0.6) is 0 Å². The summed E-state index contributed by atoms with van der Waals surface area (Å²) in [7, 11) is 1.73. The minimum atomic E-state index is -0.120. The Hall–Kier alpha value is -2.26. The molecule has 0 saturated carbocycles. The van der Waals surface area contributed by atoms with Crippen molar-refractivity contribution >= 4 is 35.0 Å². The number of carbonyl (C=O) groups is 1. The van der Waals surface area contributed by atoms with Gasteiger partial charge in [-0.05, 0) is 35.9 Å². The fraction of sp³-hybridized carbons (Fsp3) is 0.0625. The van der Waals surface area contributed by atoms with Gasteiger partial charge in [-0.2, -0.15) is 0 Å². The lowest BCUT2D eigenvalue weighted by atomic mass is 10.1. The van der Waals surface area contributed by atoms with Gasteiger partial charge in [0.05, 0.1) is 0 Å². The van der Waals surface area contributed by atoms with Crippen LogP contribution in [0.1, 0.15) is 5.56 Å². The summed E-state index contributed by atoms with van der Waals surface area (Å²) in [4.78, 5) is 13.6. The Morgan fingerprint density at radius 2 is 1.90 bits per heavy atom. The lowest BCUT2D eigenvalue weighted by Crippen LogP contribution is -2.23. The molecule has 4 heteroatoms. The minimum Gasteiger partial charge on any atom is -0.398 e. The van der Waals surface area contributed by atoms with Crippen molar-refractivity contribution in [3.63, 3.8) is 0 Å². The zero-order chi connectivity index (χ0) is 14.5. The molecule has 0 fully saturated rings. The summed E-state index contributed by atoms with van der Waals surface area (Å²) < 4.78 is 0. The highest BCUT2D eigenvalue weighted by molar-refractivity contribution is 6.30. The largest absolute Gasteiger partial charge is 0.398 e. The molecule has 20 heavy (non-hydrogen) atoms. The van der Waals surface area contributed by atoms with E-state index in [0.717, 1.165) is 11.3 Å². The number of hydrogen-bond donors (Lipinski definition) is 1. The third-order valence-corrected chi connectivity index (χ3v) is 3.16. The van der Waals surface area contributed by atoms with Crippen LogP contribution in [0.2, 0.25) is 5.02 Å². The molecule has 0 aromatic heterocycles. The molecule has 0 saturated heterocycles. The van der Waals surface area contributed by atoms with Gasteiger partial charge in [0.1, 0.15) is 0 Å². The third kappa shape index (κ3) is 3.39. The number of nitrogens with zero attached hydrogens (tertiary/aromatic N) is 1. The van der Waals surface area contributed by atoms with Crippen molar-refractivity contribution < 1.29 is 4.79 Å². The van der Waals surface area contributed by atoms with E-state index >= 15 is 0 Å². The Kier molecular flexibility index (Phi) is 4.43. The summed E-state index contributed by atoms with van der Waals surface area (Å²) in [6.45, 7) is 0. The van der Waals surface area contributed by atoms with Gasteiger partial charge in [0.2, 0.25) is 0 Å². The van der Waals surface area contributed by atoms with Gasteiger partial charge in [0.25, 0.3) is 5.91 Å². The number of nitrogen functional groups attached to an aromatic ring is 1. The van der Waals surface area contributed by atoms with Crippen molar-refractivity contribution in [3.05, 3.63) is 65.2 Å². The van der Waals surface area contributed by atoms with Crippen molar-refractivity contribution in [1.29, 1.82) is 0 Å². The molecule has 1 amide bonds. The molecule has 0 heterocycles. The zero-order valence-electron chi connectivity index (χ0n) is 11.1. The van der Waals surface area contributed by atoms with E-state index < -0.39 is 0 Å². The predicted octanol–water partition coefficient (Wildman–Crippen LogP) is 3.60. The Balaban J connectivity index is 2.13. The lowest BCUT2D eigenvalue weighted by Gasteiger charge is -2.14. The second-order valence-electron chi connectivity index (χ2n) is 4.34. The Morgan fingerprint density at radius 3 is 2.55 bits per heavy atom. The van der Waals surface area contributed by atoms with Crippen molar-refractivity contribution in [1.82, 2.24) is 0 Å². The van der Waals surface area contributed by atoms with Crippen LogP contribution in [0.15, 0.2) is 54.6 Å². The molecule has 0 unspecified atom stereocenters. The zero-order valence-corrected chi connectivity index (χ0v) is 11.8. The highest BCUT2D eigenvalue weighted by Crippen LogP contribution is 2.19. The molecule has 0 bridgehead atoms. The fourth-order valence-corrected chi connectivity index (χ4v) is 1.93. The highest BCUT2D eigenvalue weighted by Gasteiger charge is 2.06. The summed E-state index contributed by atoms with van der Waals surface area (Å²) in [5.41, 5.74) is 7.99. The van der Waals surface area contributed by atoms with E-state index in [1.54, 1.807) is 36.2 Å². The Morgan fingerprint density at radius 1 is 1.20 bits per heavy atom. The molecule has 2 N–H and O–H groups in total. The highest BCUT2D eigenvalue weighted by atomic mass is 35.5. The van der Waals surface area contributed by atoms with Crippen LogP contribution >= 0.6 is 11.6 Å². The number of para-hydroxylation sites is 1. The first kappa shape index (κ1) is 14.2. The van der Waals surface area contributed by atoms with Crippen molar-refractivity contribution in [2.45, 2.75) is 0 Å². The van der Waals surface area contributed by atoms with Crippen LogP contribution in [0, 0.1) is 0 Å². The lowest BCUT2D eigenvalue weighted by molar-refractivity contribution is -0.113. The number of likely N-dealkylation sites (N-methyl/N-ethyl adjacent to an activating group) is 1. The van der Waals surface area contributed by atoms with Crippen LogP contribution in [0.25, 0.3) is 6.08 Å². The van der Waals surface area contributed by atoms with E-state index in [4.69, 9.17) is 17.3 Å². The third-order valence-electron chi connectivity index (χ3n) is 2.93. The molecule has 0 aliphatic heterocycles. The van der Waals surface area contributed by atoms with Gasteiger partial charge in [-0.1, -0.05) is 35.9 Å². The number of halogens is 1. The van der Waals surface area contributed by atoms with E-state index in [1.807, 2.05) is 30.3 Å². The number of hydrogen-bond acceptors (Lipinski definition) is 2. The van der Waals surface area contributed by atoms with Gasteiger partial charge < -0.3 is 10.6 Å². The maximum absolute atomic E-state index is 12.1. The number of nitrogens with two attached hydrogens (primary N) is 1. The van der Waals surface area contributed by atoms with Gasteiger partial charge in [-0.25, -0.2) is 0 Å². The summed E-state index contributed by atoms with van der Waals surface area (Å²) in [6.07, 6.45) is 3.18. The van der Waals surface area contributed by atoms with Crippen LogP contribution in [0.3, 0.4) is 0 Å². The molecule has 102 valence electrons. The first-order chi connectivity index (χ1) is 9.58. The molecule has 3 nitrogen and oxygen atoms in total. The normalized spacial score (nSPS) is 10.7. The first-order valence-corrected chi connectivity index (χ1v) is 6.51. The van der Waals surface area contributed by atoms with E-state index in [-0.39, 0.29) is 5.91 Å². The topological polar surface area (TPSA) is 46.3 Å². The smallest absolute Gasteiger partial charge is 0.250 e. The van der Waals surface area contributed by atoms with Crippen LogP contribution in [-0.2, 0) is 4.79 Å². The summed E-state index contributed by atoms with van der Waals surface area (Å²) in [5.74, 6) is -0.120. The van der Waals surface area contributed by atoms with E-state index in [2.05, 4.69) is 0 Å². The van der Waals surface area contributed by atoms with Crippen LogP contribution < -0.4 is 10.6 Å². The second kappa shape index (κ2) is 6.26. The van der Waals surface area contributed by atoms with Gasteiger partial charge in [-0.15, -0.1) is 0 Å². The van der Waals surface area contributed by atoms with E-state index in [1.165, 1.54) is 6.08 Å². The average molecular weight is 287 g/mol. The number of anilines is 2. The van der Waals surface area contributed by atoms with Gasteiger partial charge in [-0.3, -0.25) is 4.79 Å². The van der Waals surface area contributed by atoms with Crippen LogP contribution in [0.4, 0.5) is 11.4 Å². The van der Waals surface area contributed by atoms with Crippen molar-refractivity contribution in [2.24, 2.45) is 0 Å². The van der Waals surface area contributed by atoms with Crippen molar-refractivity contribution in [2.75, 3.05) is 17.7 Å². The SMILES string of the molecule is CN(C(=O)/C=C/c1ccc(Cl)cc1N)c1ccccc1. The average Bonchev–Trinajstić information content (AvgIpc) is 2.46. The van der Waals surface area contributed by atoms with Gasteiger partial charge >= 0.3 is 0 Å². The maximum Gasteiger partial charge on any atom is 0.250 e. The van der Waals surface area contributed by atoms with E-state index in [0.29, 0.717) is 10.7 Å². The molecule has 2 rings (SSSR count). The van der Waals surface area contributed by atoms with Gasteiger partial charge in [0.15, 0.2) is 0 Å². The number of carbonyl (C=O) groups excluding carboxylic acids is 1. The standard InChI is InChI=1S/C16H15ClN2O/c1-19(14-5-3-2-4-6-14)16(20)10-8-12-7-9-13(17)11-15(12)18/h2-11H,18H2,1H3/b10-8+. The molecular formula is C16H15ClN2O. The number of rotatable bonds is 3. The second-order valence-corrected chi connectivity index (χ2v) is 4.78. The quantitative estimate of drug-likeness (QED) is 0.692. The molecule has 0 radical (unpaired) electrons. The maximum atomic E-state index is 12.1. The summed E-state index contributed by atoms with van der Waals surface area (Å²) in [6, 6.07) is 14.6. The number of benzene rings is 2. The van der Waals surface area contributed by atoms with Gasteiger partial charge in [0, 0.05) is 29.5 Å². The Labute approximate surface area is 123 Å². The monoisotopic (exact) mass is 286 g/mol. The molecule has 0 aliphatic rings. The van der Waals surface area contributed by atoms with Crippen LogP contribution in [-0.4, -0.2) is 13.0 Å². The first-order valence-electron chi connectivity index (χ1n) is 6.14. The van der Waals surface area contributed by atoms with E-state index in [9.17, 15) is 4.79 Å². The summed E-state index contributed by atoms with van der Waals surface area (Å²) in [5, 5.41) is 0.576. The summed E-state index contributed by atoms with van der Waals surface area (Å²) >= 11 is 5.83. The molecule has 0 aliphatic carbocycles. The number of amides is 1. The Bertz CT molecular complexity index is 638. The van der Waals surface area contributed by atoms with Crippen molar-refractivity contribution in [3.8, 4) is 0 Å². The molecule has 2 aromatic rings.